The van der Waals surface area contributed by atoms with E-state index in [1.807, 2.05) is 33.8 Å². The first-order valence-corrected chi connectivity index (χ1v) is 6.86. The molecule has 0 aliphatic carbocycles. The average Bonchev–Trinajstić information content (AvgIpc) is 2.87. The van der Waals surface area contributed by atoms with Gasteiger partial charge in [-0.25, -0.2) is 9.98 Å². The van der Waals surface area contributed by atoms with Gasteiger partial charge in [0.25, 0.3) is 0 Å². The topological polar surface area (TPSA) is 68.1 Å². The van der Waals surface area contributed by atoms with E-state index in [0.29, 0.717) is 30.7 Å². The van der Waals surface area contributed by atoms with Crippen LogP contribution in [0.1, 0.15) is 5.69 Å². The van der Waals surface area contributed by atoms with Gasteiger partial charge in [-0.15, -0.1) is 0 Å². The Morgan fingerprint density at radius 3 is 2.95 bits per heavy atom. The molecule has 1 aliphatic heterocycles. The molecule has 0 unspecified atom stereocenters. The summed E-state index contributed by atoms with van der Waals surface area (Å²) in [5.41, 5.74) is 7.70. The van der Waals surface area contributed by atoms with Crippen LogP contribution in [-0.4, -0.2) is 46.5 Å². The van der Waals surface area contributed by atoms with Crippen LogP contribution in [0.5, 0.6) is 0 Å². The number of nitrogens with two attached hydrogens (primary N) is 1. The molecule has 0 amide bonds. The van der Waals surface area contributed by atoms with Gasteiger partial charge in [0.1, 0.15) is 5.65 Å². The van der Waals surface area contributed by atoms with Crippen LogP contribution in [0.4, 0.5) is 0 Å². The van der Waals surface area contributed by atoms with Crippen molar-refractivity contribution in [1.29, 1.82) is 0 Å². The quantitative estimate of drug-likeness (QED) is 0.666. The third-order valence-corrected chi connectivity index (χ3v) is 3.43. The van der Waals surface area contributed by atoms with Crippen LogP contribution >= 0.6 is 11.6 Å². The molecule has 106 valence electrons. The van der Waals surface area contributed by atoms with Crippen LogP contribution < -0.4 is 5.73 Å². The average molecular weight is 294 g/mol. The Bertz CT molecular complexity index is 633. The molecule has 2 aromatic rings. The molecule has 2 aromatic heterocycles. The van der Waals surface area contributed by atoms with Crippen LogP contribution in [0, 0.1) is 0 Å². The fourth-order valence-corrected chi connectivity index (χ4v) is 2.32. The number of nitrogens with zero attached hydrogens (tertiary/aromatic N) is 4. The Morgan fingerprint density at radius 2 is 2.15 bits per heavy atom. The van der Waals surface area contributed by atoms with E-state index in [0.717, 1.165) is 24.4 Å². The largest absolute Gasteiger partial charge is 0.378 e. The molecule has 0 bridgehead atoms. The molecule has 7 heteroatoms. The Balaban J connectivity index is 1.72. The van der Waals surface area contributed by atoms with Crippen molar-refractivity contribution in [3.63, 3.8) is 0 Å². The number of guanidine groups is 1. The highest BCUT2D eigenvalue weighted by atomic mass is 35.5. The Kier molecular flexibility index (Phi) is 3.75. The molecule has 0 radical (unpaired) electrons. The molecular formula is C13H16ClN5O. The third-order valence-electron chi connectivity index (χ3n) is 3.20. The summed E-state index contributed by atoms with van der Waals surface area (Å²) < 4.78 is 7.17. The van der Waals surface area contributed by atoms with Crippen molar-refractivity contribution in [2.75, 3.05) is 26.3 Å². The van der Waals surface area contributed by atoms with Crippen molar-refractivity contribution >= 4 is 23.2 Å². The summed E-state index contributed by atoms with van der Waals surface area (Å²) in [5, 5.41) is 0.679. The summed E-state index contributed by atoms with van der Waals surface area (Å²) in [7, 11) is 0. The van der Waals surface area contributed by atoms with Crippen LogP contribution in [-0.2, 0) is 11.3 Å². The van der Waals surface area contributed by atoms with Crippen molar-refractivity contribution in [3.8, 4) is 0 Å². The number of imidazole rings is 1. The molecule has 0 atom stereocenters. The Hall–Kier alpha value is -1.79. The van der Waals surface area contributed by atoms with Crippen LogP contribution in [0.3, 0.4) is 0 Å². The molecule has 3 rings (SSSR count). The lowest BCUT2D eigenvalue weighted by atomic mass is 10.4. The van der Waals surface area contributed by atoms with E-state index in [-0.39, 0.29) is 0 Å². The summed E-state index contributed by atoms with van der Waals surface area (Å²) >= 11 is 5.94. The minimum atomic E-state index is 0.461. The molecular weight excluding hydrogens is 278 g/mol. The van der Waals surface area contributed by atoms with Crippen molar-refractivity contribution in [1.82, 2.24) is 14.3 Å². The predicted molar refractivity (Wildman–Crippen MR) is 77.9 cm³/mol. The van der Waals surface area contributed by atoms with Gasteiger partial charge in [-0.2, -0.15) is 0 Å². The first-order chi connectivity index (χ1) is 9.72. The number of aromatic nitrogens is 2. The van der Waals surface area contributed by atoms with E-state index in [1.165, 1.54) is 0 Å². The summed E-state index contributed by atoms with van der Waals surface area (Å²) in [6.07, 6.45) is 3.74. The van der Waals surface area contributed by atoms with E-state index in [9.17, 15) is 0 Å². The van der Waals surface area contributed by atoms with Gasteiger partial charge >= 0.3 is 0 Å². The second-order valence-electron chi connectivity index (χ2n) is 4.62. The number of fused-ring (bicyclic) bond motifs is 1. The normalized spacial score (nSPS) is 16.9. The minimum absolute atomic E-state index is 0.461. The maximum absolute atomic E-state index is 5.98. The molecule has 3 heterocycles. The molecule has 0 spiro atoms. The van der Waals surface area contributed by atoms with Crippen LogP contribution in [0.2, 0.25) is 5.02 Å². The molecule has 1 fully saturated rings. The maximum Gasteiger partial charge on any atom is 0.191 e. The number of morpholine rings is 1. The molecule has 20 heavy (non-hydrogen) atoms. The lowest BCUT2D eigenvalue weighted by molar-refractivity contribution is 0.0674. The van der Waals surface area contributed by atoms with Gasteiger partial charge < -0.3 is 19.8 Å². The van der Waals surface area contributed by atoms with Gasteiger partial charge in [-0.05, 0) is 12.1 Å². The van der Waals surface area contributed by atoms with E-state index in [1.54, 1.807) is 0 Å². The molecule has 0 aromatic carbocycles. The molecule has 1 aliphatic rings. The number of ether oxygens (including phenoxy) is 1. The highest BCUT2D eigenvalue weighted by Crippen LogP contribution is 2.12. The van der Waals surface area contributed by atoms with E-state index < -0.39 is 0 Å². The maximum atomic E-state index is 5.98. The van der Waals surface area contributed by atoms with Gasteiger partial charge in [-0.3, -0.25) is 0 Å². The van der Waals surface area contributed by atoms with Gasteiger partial charge in [0.05, 0.1) is 30.5 Å². The number of aliphatic imine (C=N–C) groups is 1. The van der Waals surface area contributed by atoms with Gasteiger partial charge in [0, 0.05) is 25.5 Å². The molecule has 0 saturated carbocycles. The zero-order chi connectivity index (χ0) is 13.9. The standard InChI is InChI=1S/C13H16ClN5O/c14-10-1-2-12-17-11(9-19(12)8-10)7-16-13(15)18-3-5-20-6-4-18/h1-2,8-9H,3-7H2,(H2,15,16). The monoisotopic (exact) mass is 293 g/mol. The Labute approximate surface area is 121 Å². The fraction of sp³-hybridized carbons (Fsp3) is 0.385. The molecule has 1 saturated heterocycles. The number of pyridine rings is 1. The number of rotatable bonds is 2. The lowest BCUT2D eigenvalue weighted by Crippen LogP contribution is -2.44. The van der Waals surface area contributed by atoms with Gasteiger partial charge in [0.15, 0.2) is 5.96 Å². The highest BCUT2D eigenvalue weighted by molar-refractivity contribution is 6.30. The third kappa shape index (κ3) is 2.86. The lowest BCUT2D eigenvalue weighted by Gasteiger charge is -2.27. The van der Waals surface area contributed by atoms with Crippen molar-refractivity contribution in [2.45, 2.75) is 6.54 Å². The molecule has 2 N–H and O–H groups in total. The zero-order valence-corrected chi connectivity index (χ0v) is 11.8. The predicted octanol–water partition coefficient (Wildman–Crippen LogP) is 1.13. The van der Waals surface area contributed by atoms with Crippen molar-refractivity contribution < 1.29 is 4.74 Å². The van der Waals surface area contributed by atoms with E-state index in [4.69, 9.17) is 22.1 Å². The highest BCUT2D eigenvalue weighted by Gasteiger charge is 2.12. The Morgan fingerprint density at radius 1 is 1.35 bits per heavy atom. The molecule has 6 nitrogen and oxygen atoms in total. The summed E-state index contributed by atoms with van der Waals surface area (Å²) in [6.45, 7) is 3.43. The number of halogens is 1. The second-order valence-corrected chi connectivity index (χ2v) is 5.06. The van der Waals surface area contributed by atoms with Crippen molar-refractivity contribution in [3.05, 3.63) is 35.2 Å². The number of hydrogen-bond acceptors (Lipinski definition) is 3. The first kappa shape index (κ1) is 13.2. The number of hydrogen-bond donors (Lipinski definition) is 1. The van der Waals surface area contributed by atoms with E-state index in [2.05, 4.69) is 9.98 Å². The smallest absolute Gasteiger partial charge is 0.191 e. The summed E-state index contributed by atoms with van der Waals surface area (Å²) in [5.74, 6) is 0.545. The van der Waals surface area contributed by atoms with Crippen molar-refractivity contribution in [2.24, 2.45) is 10.7 Å². The minimum Gasteiger partial charge on any atom is -0.378 e. The zero-order valence-electron chi connectivity index (χ0n) is 11.0. The van der Waals surface area contributed by atoms with Gasteiger partial charge in [-0.1, -0.05) is 11.6 Å². The first-order valence-electron chi connectivity index (χ1n) is 6.48. The van der Waals surface area contributed by atoms with Crippen LogP contribution in [0.25, 0.3) is 5.65 Å². The van der Waals surface area contributed by atoms with Crippen LogP contribution in [0.15, 0.2) is 29.5 Å². The summed E-state index contributed by atoms with van der Waals surface area (Å²) in [6, 6.07) is 3.69. The summed E-state index contributed by atoms with van der Waals surface area (Å²) in [4.78, 5) is 10.9. The SMILES string of the molecule is NC(=NCc1cn2cc(Cl)ccc2n1)N1CCOCC1. The van der Waals surface area contributed by atoms with E-state index >= 15 is 0 Å². The van der Waals surface area contributed by atoms with Gasteiger partial charge in [0.2, 0.25) is 0 Å². The fourth-order valence-electron chi connectivity index (χ4n) is 2.15. The second kappa shape index (κ2) is 5.68.